The minimum atomic E-state index is -1.23. The van der Waals surface area contributed by atoms with Crippen molar-refractivity contribution in [2.45, 2.75) is 38.7 Å². The Kier molecular flexibility index (Phi) is 6.56. The second kappa shape index (κ2) is 9.55. The molecule has 3 aromatic rings. The highest BCUT2D eigenvalue weighted by molar-refractivity contribution is 6.30. The van der Waals surface area contributed by atoms with Crippen LogP contribution in [-0.4, -0.2) is 17.6 Å². The van der Waals surface area contributed by atoms with Gasteiger partial charge in [0.2, 0.25) is 0 Å². The molecule has 0 saturated carbocycles. The number of rotatable bonds is 8. The molecule has 1 unspecified atom stereocenters. The number of benzene rings is 3. The lowest BCUT2D eigenvalue weighted by Crippen LogP contribution is -2.38. The van der Waals surface area contributed by atoms with Crippen LogP contribution in [-0.2, 0) is 22.4 Å². The summed E-state index contributed by atoms with van der Waals surface area (Å²) in [4.78, 5) is 23.5. The molecule has 170 valence electrons. The number of ether oxygens (including phenoxy) is 3. The number of carbonyl (C=O) groups excluding carboxylic acids is 2. The predicted octanol–water partition coefficient (Wildman–Crippen LogP) is 6.44. The molecule has 0 bridgehead atoms. The summed E-state index contributed by atoms with van der Waals surface area (Å²) in [6.45, 7) is 3.70. The van der Waals surface area contributed by atoms with Crippen LogP contribution >= 0.6 is 11.6 Å². The Hall–Kier alpha value is -3.51. The van der Waals surface area contributed by atoms with E-state index in [-0.39, 0.29) is 6.42 Å². The van der Waals surface area contributed by atoms with Gasteiger partial charge in [-0.05, 0) is 79.1 Å². The molecular formula is C26H24ClNO5. The summed E-state index contributed by atoms with van der Waals surface area (Å²) in [7, 11) is 0. The summed E-state index contributed by atoms with van der Waals surface area (Å²) in [6.07, 6.45) is 1.29. The van der Waals surface area contributed by atoms with Gasteiger partial charge in [-0.2, -0.15) is 0 Å². The van der Waals surface area contributed by atoms with Crippen LogP contribution in [0.1, 0.15) is 31.4 Å². The van der Waals surface area contributed by atoms with Crippen molar-refractivity contribution in [1.29, 1.82) is 0 Å². The van der Waals surface area contributed by atoms with Crippen LogP contribution in [0, 0.1) is 0 Å². The quantitative estimate of drug-likeness (QED) is 0.414. The smallest absolute Gasteiger partial charge is 0.415 e. The van der Waals surface area contributed by atoms with Gasteiger partial charge in [0.25, 0.3) is 5.91 Å². The summed E-state index contributed by atoms with van der Waals surface area (Å²) in [5.41, 5.74) is 0.606. The van der Waals surface area contributed by atoms with Crippen LogP contribution in [0.3, 0.4) is 0 Å². The van der Waals surface area contributed by atoms with Crippen molar-refractivity contribution < 1.29 is 23.8 Å². The lowest BCUT2D eigenvalue weighted by molar-refractivity contribution is -0.129. The minimum absolute atomic E-state index is 0.247. The highest BCUT2D eigenvalue weighted by Crippen LogP contribution is 2.33. The molecule has 1 N–H and O–H groups in total. The second-order valence-electron chi connectivity index (χ2n) is 8.08. The van der Waals surface area contributed by atoms with E-state index in [0.717, 1.165) is 29.7 Å². The summed E-state index contributed by atoms with van der Waals surface area (Å²) in [6, 6.07) is 20.3. The molecule has 1 fully saturated rings. The fourth-order valence-electron chi connectivity index (χ4n) is 3.68. The molecule has 0 spiro atoms. The highest BCUT2D eigenvalue weighted by Gasteiger charge is 2.44. The van der Waals surface area contributed by atoms with Gasteiger partial charge < -0.3 is 14.2 Å². The van der Waals surface area contributed by atoms with Crippen molar-refractivity contribution >= 4 is 23.6 Å². The number of alkyl carbamates (subject to hydrolysis) is 1. The van der Waals surface area contributed by atoms with Gasteiger partial charge in [-0.3, -0.25) is 10.1 Å². The lowest BCUT2D eigenvalue weighted by atomic mass is 9.96. The molecule has 0 radical (unpaired) electrons. The molecule has 1 atom stereocenters. The lowest BCUT2D eigenvalue weighted by Gasteiger charge is -2.19. The van der Waals surface area contributed by atoms with Crippen LogP contribution in [0.25, 0.3) is 0 Å². The SMILES string of the molecule is CCCc1cc(Oc2ccc(Cl)cc2)ccc1Oc1cccc(CC2(C)OC(=O)NC2=O)c1. The van der Waals surface area contributed by atoms with Crippen LogP contribution < -0.4 is 14.8 Å². The average molecular weight is 466 g/mol. The van der Waals surface area contributed by atoms with Crippen molar-refractivity contribution in [3.63, 3.8) is 0 Å². The maximum atomic E-state index is 12.1. The van der Waals surface area contributed by atoms with E-state index in [2.05, 4.69) is 12.2 Å². The second-order valence-corrected chi connectivity index (χ2v) is 8.51. The zero-order valence-electron chi connectivity index (χ0n) is 18.4. The molecule has 0 aromatic heterocycles. The van der Waals surface area contributed by atoms with E-state index in [1.807, 2.05) is 54.6 Å². The van der Waals surface area contributed by atoms with E-state index in [1.54, 1.807) is 19.1 Å². The average Bonchev–Trinajstić information content (AvgIpc) is 3.03. The van der Waals surface area contributed by atoms with Crippen molar-refractivity contribution in [3.8, 4) is 23.0 Å². The Bertz CT molecular complexity index is 1180. The maximum Gasteiger partial charge on any atom is 0.415 e. The third-order valence-electron chi connectivity index (χ3n) is 5.28. The molecule has 7 heteroatoms. The van der Waals surface area contributed by atoms with Gasteiger partial charge in [0.15, 0.2) is 5.60 Å². The monoisotopic (exact) mass is 465 g/mol. The zero-order chi connectivity index (χ0) is 23.4. The topological polar surface area (TPSA) is 73.9 Å². The van der Waals surface area contributed by atoms with E-state index in [0.29, 0.717) is 22.3 Å². The van der Waals surface area contributed by atoms with Crippen LogP contribution in [0.2, 0.25) is 5.02 Å². The van der Waals surface area contributed by atoms with E-state index >= 15 is 0 Å². The molecule has 1 aliphatic rings. The predicted molar refractivity (Wildman–Crippen MR) is 125 cm³/mol. The van der Waals surface area contributed by atoms with E-state index in [9.17, 15) is 9.59 Å². The largest absolute Gasteiger partial charge is 0.457 e. The Morgan fingerprint density at radius 3 is 2.36 bits per heavy atom. The molecular weight excluding hydrogens is 442 g/mol. The third kappa shape index (κ3) is 5.46. The van der Waals surface area contributed by atoms with Gasteiger partial charge in [-0.15, -0.1) is 0 Å². The van der Waals surface area contributed by atoms with Gasteiger partial charge in [0.05, 0.1) is 0 Å². The first-order valence-corrected chi connectivity index (χ1v) is 11.1. The van der Waals surface area contributed by atoms with Gasteiger partial charge >= 0.3 is 6.09 Å². The Balaban J connectivity index is 1.52. The fraction of sp³-hybridized carbons (Fsp3) is 0.231. The van der Waals surface area contributed by atoms with Crippen LogP contribution in [0.4, 0.5) is 4.79 Å². The number of imide groups is 1. The molecule has 1 aliphatic heterocycles. The Morgan fingerprint density at radius 2 is 1.67 bits per heavy atom. The van der Waals surface area contributed by atoms with Crippen molar-refractivity contribution in [2.75, 3.05) is 0 Å². The first-order chi connectivity index (χ1) is 15.8. The molecule has 0 aliphatic carbocycles. The first-order valence-electron chi connectivity index (χ1n) is 10.7. The summed E-state index contributed by atoms with van der Waals surface area (Å²) in [5.74, 6) is 2.33. The van der Waals surface area contributed by atoms with Crippen LogP contribution in [0.15, 0.2) is 66.7 Å². The minimum Gasteiger partial charge on any atom is -0.457 e. The van der Waals surface area contributed by atoms with Gasteiger partial charge in [0, 0.05) is 11.4 Å². The molecule has 33 heavy (non-hydrogen) atoms. The fourth-order valence-corrected chi connectivity index (χ4v) is 3.80. The summed E-state index contributed by atoms with van der Waals surface area (Å²) >= 11 is 5.94. The first kappa shape index (κ1) is 22.7. The zero-order valence-corrected chi connectivity index (χ0v) is 19.1. The van der Waals surface area contributed by atoms with Crippen LogP contribution in [0.5, 0.6) is 23.0 Å². The number of cyclic esters (lactones) is 1. The Labute approximate surface area is 197 Å². The number of nitrogens with one attached hydrogen (secondary N) is 1. The molecule has 1 heterocycles. The molecule has 3 aromatic carbocycles. The van der Waals surface area contributed by atoms with Gasteiger partial charge in [-0.25, -0.2) is 4.79 Å². The highest BCUT2D eigenvalue weighted by atomic mass is 35.5. The van der Waals surface area contributed by atoms with Gasteiger partial charge in [0.1, 0.15) is 23.0 Å². The number of hydrogen-bond acceptors (Lipinski definition) is 5. The normalized spacial score (nSPS) is 17.4. The number of hydrogen-bond donors (Lipinski definition) is 1. The van der Waals surface area contributed by atoms with Gasteiger partial charge in [-0.1, -0.05) is 37.1 Å². The molecule has 2 amide bonds. The number of halogens is 1. The Morgan fingerprint density at radius 1 is 0.939 bits per heavy atom. The summed E-state index contributed by atoms with van der Waals surface area (Å²) < 4.78 is 17.3. The van der Waals surface area contributed by atoms with E-state index in [1.165, 1.54) is 0 Å². The van der Waals surface area contributed by atoms with Crippen molar-refractivity contribution in [2.24, 2.45) is 0 Å². The number of amides is 2. The van der Waals surface area contributed by atoms with E-state index < -0.39 is 17.6 Å². The number of carbonyl (C=O) groups is 2. The third-order valence-corrected chi connectivity index (χ3v) is 5.53. The summed E-state index contributed by atoms with van der Waals surface area (Å²) in [5, 5.41) is 2.83. The number of aryl methyl sites for hydroxylation is 1. The van der Waals surface area contributed by atoms with Crippen molar-refractivity contribution in [1.82, 2.24) is 5.32 Å². The molecule has 6 nitrogen and oxygen atoms in total. The van der Waals surface area contributed by atoms with E-state index in [4.69, 9.17) is 25.8 Å². The standard InChI is InChI=1S/C26H24ClNO5/c1-3-5-18-15-22(31-20-10-8-19(27)9-11-20)12-13-23(18)32-21-7-4-6-17(14-21)16-26(2)24(29)28-25(30)33-26/h4,6-15H,3,5,16H2,1-2H3,(H,28,29,30). The molecule has 4 rings (SSSR count). The maximum absolute atomic E-state index is 12.1. The molecule has 1 saturated heterocycles. The van der Waals surface area contributed by atoms with Crippen molar-refractivity contribution in [3.05, 3.63) is 82.9 Å².